The molecule has 0 spiro atoms. The van der Waals surface area contributed by atoms with Crippen LogP contribution in [0.3, 0.4) is 0 Å². The van der Waals surface area contributed by atoms with Crippen LogP contribution in [0.5, 0.6) is 11.5 Å². The molecule has 0 radical (unpaired) electrons. The normalized spacial score (nSPS) is 10.7. The minimum absolute atomic E-state index is 0.397. The number of urea groups is 1. The average Bonchev–Trinajstić information content (AvgIpc) is 2.68. The Kier molecular flexibility index (Phi) is 8.85. The SMILES string of the molecule is CCCCCOc1ccc(/C=N\NC(=O)Nc2ccccc2C)cc1OCC. The molecular weight excluding hydrogens is 354 g/mol. The van der Waals surface area contributed by atoms with Crippen LogP contribution in [0, 0.1) is 6.92 Å². The molecule has 0 aromatic heterocycles. The first kappa shape index (κ1) is 21.3. The number of hydrogen-bond donors (Lipinski definition) is 2. The molecule has 0 heterocycles. The largest absolute Gasteiger partial charge is 0.490 e. The standard InChI is InChI=1S/C22H29N3O3/c1-4-6-9-14-28-20-13-12-18(15-21(20)27-5-2)16-23-25-22(26)24-19-11-8-7-10-17(19)3/h7-8,10-13,15-16H,4-6,9,14H2,1-3H3,(H2,24,25,26)/b23-16-. The number of unbranched alkanes of at least 4 members (excludes halogenated alkanes) is 2. The summed E-state index contributed by atoms with van der Waals surface area (Å²) in [7, 11) is 0. The molecule has 2 aromatic carbocycles. The number of rotatable bonds is 10. The number of para-hydroxylation sites is 1. The van der Waals surface area contributed by atoms with Gasteiger partial charge in [0.1, 0.15) is 0 Å². The van der Waals surface area contributed by atoms with E-state index in [1.165, 1.54) is 0 Å². The Morgan fingerprint density at radius 1 is 1.07 bits per heavy atom. The van der Waals surface area contributed by atoms with Crippen LogP contribution in [0.15, 0.2) is 47.6 Å². The van der Waals surface area contributed by atoms with Gasteiger partial charge in [-0.25, -0.2) is 10.2 Å². The number of ether oxygens (including phenoxy) is 2. The highest BCUT2D eigenvalue weighted by Gasteiger charge is 2.06. The van der Waals surface area contributed by atoms with Crippen LogP contribution < -0.4 is 20.2 Å². The van der Waals surface area contributed by atoms with Crippen LogP contribution in [0.4, 0.5) is 10.5 Å². The van der Waals surface area contributed by atoms with E-state index in [1.54, 1.807) is 6.21 Å². The molecule has 0 bridgehead atoms. The van der Waals surface area contributed by atoms with E-state index < -0.39 is 6.03 Å². The van der Waals surface area contributed by atoms with Gasteiger partial charge in [0.15, 0.2) is 11.5 Å². The highest BCUT2D eigenvalue weighted by molar-refractivity contribution is 5.91. The van der Waals surface area contributed by atoms with Gasteiger partial charge in [0.2, 0.25) is 0 Å². The van der Waals surface area contributed by atoms with Gasteiger partial charge in [0, 0.05) is 5.69 Å². The number of hydrogen-bond acceptors (Lipinski definition) is 4. The van der Waals surface area contributed by atoms with Crippen LogP contribution in [0.1, 0.15) is 44.2 Å². The fourth-order valence-electron chi connectivity index (χ4n) is 2.56. The highest BCUT2D eigenvalue weighted by atomic mass is 16.5. The molecule has 28 heavy (non-hydrogen) atoms. The third-order valence-electron chi connectivity index (χ3n) is 4.05. The number of aryl methyl sites for hydroxylation is 1. The van der Waals surface area contributed by atoms with Gasteiger partial charge < -0.3 is 14.8 Å². The molecule has 6 nitrogen and oxygen atoms in total. The Hall–Kier alpha value is -3.02. The first-order valence-corrected chi connectivity index (χ1v) is 9.69. The molecule has 0 saturated carbocycles. The molecule has 2 aromatic rings. The van der Waals surface area contributed by atoms with Crippen molar-refractivity contribution in [1.82, 2.24) is 5.43 Å². The first-order chi connectivity index (χ1) is 13.6. The fourth-order valence-corrected chi connectivity index (χ4v) is 2.56. The summed E-state index contributed by atoms with van der Waals surface area (Å²) >= 11 is 0. The second-order valence-electron chi connectivity index (χ2n) is 6.33. The monoisotopic (exact) mass is 383 g/mol. The lowest BCUT2D eigenvalue weighted by atomic mass is 10.2. The van der Waals surface area contributed by atoms with Crippen molar-refractivity contribution in [2.75, 3.05) is 18.5 Å². The second kappa shape index (κ2) is 11.6. The van der Waals surface area contributed by atoms with Crippen molar-refractivity contribution in [1.29, 1.82) is 0 Å². The van der Waals surface area contributed by atoms with Crippen molar-refractivity contribution in [2.45, 2.75) is 40.0 Å². The van der Waals surface area contributed by atoms with Gasteiger partial charge in [-0.05, 0) is 55.7 Å². The number of carbonyl (C=O) groups is 1. The zero-order valence-corrected chi connectivity index (χ0v) is 16.8. The molecule has 0 aliphatic rings. The van der Waals surface area contributed by atoms with Crippen LogP contribution in [0.2, 0.25) is 0 Å². The summed E-state index contributed by atoms with van der Waals surface area (Å²) in [6, 6.07) is 12.8. The molecular formula is C22H29N3O3. The zero-order chi connectivity index (χ0) is 20.2. The van der Waals surface area contributed by atoms with Gasteiger partial charge in [-0.3, -0.25) is 0 Å². The van der Waals surface area contributed by atoms with E-state index >= 15 is 0 Å². The molecule has 2 N–H and O–H groups in total. The number of benzene rings is 2. The van der Waals surface area contributed by atoms with E-state index in [2.05, 4.69) is 22.8 Å². The number of carbonyl (C=O) groups excluding carboxylic acids is 1. The zero-order valence-electron chi connectivity index (χ0n) is 16.8. The van der Waals surface area contributed by atoms with Gasteiger partial charge in [0.05, 0.1) is 19.4 Å². The van der Waals surface area contributed by atoms with E-state index in [1.807, 2.05) is 56.3 Å². The van der Waals surface area contributed by atoms with Crippen molar-refractivity contribution in [3.8, 4) is 11.5 Å². The van der Waals surface area contributed by atoms with Gasteiger partial charge >= 0.3 is 6.03 Å². The Bertz CT molecular complexity index is 790. The van der Waals surface area contributed by atoms with Crippen molar-refractivity contribution in [3.63, 3.8) is 0 Å². The van der Waals surface area contributed by atoms with Crippen molar-refractivity contribution in [2.24, 2.45) is 5.10 Å². The lowest BCUT2D eigenvalue weighted by Crippen LogP contribution is -2.24. The topological polar surface area (TPSA) is 72.0 Å². The summed E-state index contributed by atoms with van der Waals surface area (Å²) in [4.78, 5) is 12.0. The third-order valence-corrected chi connectivity index (χ3v) is 4.05. The predicted octanol–water partition coefficient (Wildman–Crippen LogP) is 5.12. The minimum atomic E-state index is -0.397. The molecule has 0 atom stereocenters. The molecule has 2 rings (SSSR count). The number of nitrogens with zero attached hydrogens (tertiary/aromatic N) is 1. The summed E-state index contributed by atoms with van der Waals surface area (Å²) in [6.45, 7) is 7.24. The summed E-state index contributed by atoms with van der Waals surface area (Å²) in [6.07, 6.45) is 4.89. The number of hydrazone groups is 1. The second-order valence-corrected chi connectivity index (χ2v) is 6.33. The Labute approximate surface area is 166 Å². The van der Waals surface area contributed by atoms with Crippen LogP contribution in [-0.2, 0) is 0 Å². The van der Waals surface area contributed by atoms with E-state index in [0.29, 0.717) is 19.0 Å². The van der Waals surface area contributed by atoms with Gasteiger partial charge in [0.25, 0.3) is 0 Å². The molecule has 2 amide bonds. The molecule has 0 saturated heterocycles. The summed E-state index contributed by atoms with van der Waals surface area (Å²) in [5.74, 6) is 1.40. The molecule has 0 fully saturated rings. The maximum atomic E-state index is 12.0. The molecule has 0 unspecified atom stereocenters. The predicted molar refractivity (Wildman–Crippen MR) is 114 cm³/mol. The van der Waals surface area contributed by atoms with Crippen molar-refractivity contribution < 1.29 is 14.3 Å². The molecule has 0 aliphatic carbocycles. The van der Waals surface area contributed by atoms with Gasteiger partial charge in [-0.2, -0.15) is 5.10 Å². The molecule has 0 aliphatic heterocycles. The average molecular weight is 383 g/mol. The lowest BCUT2D eigenvalue weighted by molar-refractivity contribution is 0.252. The smallest absolute Gasteiger partial charge is 0.339 e. The van der Waals surface area contributed by atoms with E-state index in [-0.39, 0.29) is 0 Å². The van der Waals surface area contributed by atoms with E-state index in [0.717, 1.165) is 41.8 Å². The Balaban J connectivity index is 1.93. The van der Waals surface area contributed by atoms with Crippen molar-refractivity contribution in [3.05, 3.63) is 53.6 Å². The highest BCUT2D eigenvalue weighted by Crippen LogP contribution is 2.28. The maximum Gasteiger partial charge on any atom is 0.339 e. The minimum Gasteiger partial charge on any atom is -0.490 e. The summed E-state index contributed by atoms with van der Waals surface area (Å²) in [5, 5.41) is 6.76. The number of amides is 2. The van der Waals surface area contributed by atoms with Crippen LogP contribution >= 0.6 is 0 Å². The van der Waals surface area contributed by atoms with Gasteiger partial charge in [-0.15, -0.1) is 0 Å². The van der Waals surface area contributed by atoms with E-state index in [9.17, 15) is 4.79 Å². The van der Waals surface area contributed by atoms with Crippen LogP contribution in [-0.4, -0.2) is 25.5 Å². The number of nitrogens with one attached hydrogen (secondary N) is 2. The van der Waals surface area contributed by atoms with Crippen LogP contribution in [0.25, 0.3) is 0 Å². The summed E-state index contributed by atoms with van der Waals surface area (Å²) < 4.78 is 11.5. The quantitative estimate of drug-likeness (QED) is 0.340. The Morgan fingerprint density at radius 2 is 1.89 bits per heavy atom. The molecule has 150 valence electrons. The van der Waals surface area contributed by atoms with E-state index in [4.69, 9.17) is 9.47 Å². The lowest BCUT2D eigenvalue weighted by Gasteiger charge is -2.12. The fraction of sp³-hybridized carbons (Fsp3) is 0.364. The maximum absolute atomic E-state index is 12.0. The molecule has 6 heteroatoms. The third kappa shape index (κ3) is 6.95. The summed E-state index contributed by atoms with van der Waals surface area (Å²) in [5.41, 5.74) is 5.01. The first-order valence-electron chi connectivity index (χ1n) is 9.69. The van der Waals surface area contributed by atoms with Crippen molar-refractivity contribution >= 4 is 17.9 Å². The Morgan fingerprint density at radius 3 is 2.64 bits per heavy atom. The number of anilines is 1. The van der Waals surface area contributed by atoms with Gasteiger partial charge in [-0.1, -0.05) is 38.0 Å².